The Morgan fingerprint density at radius 1 is 0.538 bits per heavy atom. The summed E-state index contributed by atoms with van der Waals surface area (Å²) in [5.41, 5.74) is 0. The van der Waals surface area contributed by atoms with Crippen LogP contribution in [0.4, 0.5) is 0 Å². The molecule has 0 saturated carbocycles. The number of hydrogen-bond donors (Lipinski definition) is 0. The van der Waals surface area contributed by atoms with Crippen molar-refractivity contribution in [1.82, 2.24) is 0 Å². The third-order valence-electron chi connectivity index (χ3n) is 1.72. The van der Waals surface area contributed by atoms with Gasteiger partial charge in [0.05, 0.1) is 0 Å². The van der Waals surface area contributed by atoms with E-state index in [-0.39, 0.29) is 0 Å². The molecule has 0 radical (unpaired) electrons. The molecule has 2 aromatic rings. The fraction of sp³-hybridized carbons (Fsp3) is 0. The summed E-state index contributed by atoms with van der Waals surface area (Å²) in [6.07, 6.45) is 0. The molecule has 0 aliphatic carbocycles. The minimum atomic E-state index is 0.461. The molecule has 0 unspecified atom stereocenters. The van der Waals surface area contributed by atoms with Gasteiger partial charge >= 0.3 is 84.7 Å². The Labute approximate surface area is 84.9 Å². The van der Waals surface area contributed by atoms with Gasteiger partial charge in [-0.15, -0.1) is 0 Å². The first-order valence-corrected chi connectivity index (χ1v) is 5.50. The number of hydrogen-bond acceptors (Lipinski definition) is 0. The third kappa shape index (κ3) is 2.45. The maximum atomic E-state index is 2.19. The van der Waals surface area contributed by atoms with Crippen LogP contribution in [0.3, 0.4) is 0 Å². The molecule has 0 heterocycles. The van der Waals surface area contributed by atoms with Crippen LogP contribution < -0.4 is 8.85 Å². The van der Waals surface area contributed by atoms with Crippen molar-refractivity contribution in [1.29, 1.82) is 0 Å². The molecule has 0 aliphatic rings. The van der Waals surface area contributed by atoms with Gasteiger partial charge in [0.2, 0.25) is 0 Å². The van der Waals surface area contributed by atoms with Gasteiger partial charge in [0, 0.05) is 0 Å². The van der Waals surface area contributed by atoms with E-state index in [9.17, 15) is 0 Å². The molecule has 0 bridgehead atoms. The van der Waals surface area contributed by atoms with Crippen molar-refractivity contribution in [3.8, 4) is 0 Å². The predicted molar refractivity (Wildman–Crippen MR) is 52.2 cm³/mol. The zero-order valence-electron chi connectivity index (χ0n) is 7.18. The van der Waals surface area contributed by atoms with Crippen molar-refractivity contribution in [2.45, 2.75) is 0 Å². The molecular weight excluding hydrogens is 196 g/mol. The summed E-state index contributed by atoms with van der Waals surface area (Å²) < 4.78 is 2.86. The Hall–Kier alpha value is -1.03. The molecule has 64 valence electrons. The van der Waals surface area contributed by atoms with Gasteiger partial charge in [-0.05, 0) is 0 Å². The van der Waals surface area contributed by atoms with E-state index in [1.165, 1.54) is 8.85 Å². The number of rotatable bonds is 2. The van der Waals surface area contributed by atoms with Gasteiger partial charge in [-0.3, -0.25) is 0 Å². The summed E-state index contributed by atoms with van der Waals surface area (Å²) in [5.74, 6) is 0. The molecule has 0 saturated heterocycles. The molecule has 0 atom stereocenters. The molecule has 0 fully saturated rings. The molecule has 2 rings (SSSR count). The summed E-state index contributed by atoms with van der Waals surface area (Å²) in [5, 5.41) is 0. The van der Waals surface area contributed by atoms with E-state index in [4.69, 9.17) is 0 Å². The van der Waals surface area contributed by atoms with Gasteiger partial charge in [-0.1, -0.05) is 0 Å². The molecule has 0 N–H and O–H groups in total. The van der Waals surface area contributed by atoms with Crippen LogP contribution in [-0.2, 0) is 15.2 Å². The Bertz CT molecular complexity index is 316. The van der Waals surface area contributed by atoms with E-state index < -0.39 is 0 Å². The molecule has 13 heavy (non-hydrogen) atoms. The van der Waals surface area contributed by atoms with Crippen LogP contribution in [0.15, 0.2) is 60.7 Å². The summed E-state index contributed by atoms with van der Waals surface area (Å²) in [4.78, 5) is 0. The first-order valence-electron chi connectivity index (χ1n) is 4.23. The Morgan fingerprint density at radius 3 is 1.31 bits per heavy atom. The topological polar surface area (TPSA) is 0 Å². The Morgan fingerprint density at radius 2 is 0.923 bits per heavy atom. The van der Waals surface area contributed by atoms with Crippen LogP contribution in [0.25, 0.3) is 0 Å². The van der Waals surface area contributed by atoms with Crippen molar-refractivity contribution in [2.24, 2.45) is 0 Å². The van der Waals surface area contributed by atoms with Gasteiger partial charge in [0.1, 0.15) is 0 Å². The summed E-state index contributed by atoms with van der Waals surface area (Å²) in [6, 6.07) is 21.3. The normalized spacial score (nSPS) is 9.85. The molecule has 0 amide bonds. The quantitative estimate of drug-likeness (QED) is 0.701. The molecule has 0 nitrogen and oxygen atoms in total. The van der Waals surface area contributed by atoms with E-state index in [0.717, 1.165) is 0 Å². The summed E-state index contributed by atoms with van der Waals surface area (Å²) in [7, 11) is 0. The molecule has 2 aromatic carbocycles. The van der Waals surface area contributed by atoms with E-state index in [2.05, 4.69) is 60.7 Å². The second-order valence-electron chi connectivity index (χ2n) is 2.73. The van der Waals surface area contributed by atoms with Crippen molar-refractivity contribution >= 4 is 8.85 Å². The van der Waals surface area contributed by atoms with E-state index >= 15 is 0 Å². The standard InChI is InChI=1S/2C6H5.Cr/c2*1-2-4-6-5-3-1;/h2*1-5H;. The van der Waals surface area contributed by atoms with Gasteiger partial charge < -0.3 is 0 Å². The SMILES string of the molecule is c1cc[c]([Cr][c]2ccccc2)cc1. The maximum absolute atomic E-state index is 2.19. The van der Waals surface area contributed by atoms with Gasteiger partial charge in [-0.25, -0.2) is 0 Å². The van der Waals surface area contributed by atoms with E-state index in [1.807, 2.05) is 0 Å². The van der Waals surface area contributed by atoms with Crippen LogP contribution in [0.1, 0.15) is 0 Å². The average Bonchev–Trinajstić information content (AvgIpc) is 2.21. The van der Waals surface area contributed by atoms with Crippen LogP contribution in [-0.4, -0.2) is 0 Å². The van der Waals surface area contributed by atoms with Crippen LogP contribution in [0.5, 0.6) is 0 Å². The van der Waals surface area contributed by atoms with Crippen LogP contribution in [0.2, 0.25) is 0 Å². The first kappa shape index (κ1) is 8.57. The van der Waals surface area contributed by atoms with Gasteiger partial charge in [0.15, 0.2) is 0 Å². The van der Waals surface area contributed by atoms with Crippen molar-refractivity contribution in [3.63, 3.8) is 0 Å². The van der Waals surface area contributed by atoms with E-state index in [1.54, 1.807) is 0 Å². The van der Waals surface area contributed by atoms with Gasteiger partial charge in [-0.2, -0.15) is 0 Å². The van der Waals surface area contributed by atoms with Crippen molar-refractivity contribution < 1.29 is 15.2 Å². The van der Waals surface area contributed by atoms with Crippen molar-refractivity contribution in [2.75, 3.05) is 0 Å². The summed E-state index contributed by atoms with van der Waals surface area (Å²) in [6.45, 7) is 0. The molecule has 1 heteroatoms. The van der Waals surface area contributed by atoms with Crippen LogP contribution >= 0.6 is 0 Å². The Balaban J connectivity index is 2.16. The van der Waals surface area contributed by atoms with Crippen molar-refractivity contribution in [3.05, 3.63) is 60.7 Å². The zero-order chi connectivity index (χ0) is 8.93. The Kier molecular flexibility index (Phi) is 2.82. The minimum absolute atomic E-state index is 0.461. The third-order valence-corrected chi connectivity index (χ3v) is 3.31. The van der Waals surface area contributed by atoms with Gasteiger partial charge in [0.25, 0.3) is 0 Å². The molecule has 0 aromatic heterocycles. The summed E-state index contributed by atoms with van der Waals surface area (Å²) >= 11 is 0.461. The monoisotopic (exact) mass is 206 g/mol. The first-order chi connectivity index (χ1) is 6.45. The van der Waals surface area contributed by atoms with E-state index in [0.29, 0.717) is 15.2 Å². The fourth-order valence-corrected chi connectivity index (χ4v) is 2.45. The fourth-order valence-electron chi connectivity index (χ4n) is 1.11. The molecule has 0 aliphatic heterocycles. The predicted octanol–water partition coefficient (Wildman–Crippen LogP) is 1.72. The molecule has 0 spiro atoms. The second-order valence-corrected chi connectivity index (χ2v) is 4.52. The second kappa shape index (κ2) is 4.28. The number of benzene rings is 2. The zero-order valence-corrected chi connectivity index (χ0v) is 8.46. The molecular formula is C12H10Cr. The van der Waals surface area contributed by atoms with Crippen LogP contribution in [0, 0.1) is 0 Å². The average molecular weight is 206 g/mol.